The Morgan fingerprint density at radius 1 is 1.28 bits per heavy atom. The first-order chi connectivity index (χ1) is 8.44. The Labute approximate surface area is 113 Å². The average molecular weight is 257 g/mol. The zero-order chi connectivity index (χ0) is 13.6. The molecule has 3 nitrogen and oxygen atoms in total. The SMILES string of the molecule is CNC1CCC(C)(C)CC1OCCOCC(C)C. The normalized spacial score (nSPS) is 27.7. The Hall–Kier alpha value is -0.120. The Balaban J connectivity index is 2.24. The summed E-state index contributed by atoms with van der Waals surface area (Å²) in [4.78, 5) is 0. The molecule has 3 heteroatoms. The molecule has 1 saturated carbocycles. The molecular formula is C15H31NO2. The molecule has 1 N–H and O–H groups in total. The van der Waals surface area contributed by atoms with E-state index < -0.39 is 0 Å². The van der Waals surface area contributed by atoms with Crippen LogP contribution in [0.3, 0.4) is 0 Å². The smallest absolute Gasteiger partial charge is 0.0734 e. The van der Waals surface area contributed by atoms with E-state index in [0.29, 0.717) is 36.7 Å². The lowest BCUT2D eigenvalue weighted by atomic mass is 9.74. The predicted octanol–water partition coefficient (Wildman–Crippen LogP) is 2.84. The van der Waals surface area contributed by atoms with Gasteiger partial charge in [-0.3, -0.25) is 0 Å². The Kier molecular flexibility index (Phi) is 6.61. The Bertz CT molecular complexity index is 229. The van der Waals surface area contributed by atoms with E-state index in [9.17, 15) is 0 Å². The van der Waals surface area contributed by atoms with Crippen molar-refractivity contribution in [2.45, 2.75) is 59.1 Å². The molecule has 0 heterocycles. The summed E-state index contributed by atoms with van der Waals surface area (Å²) in [6, 6.07) is 0.503. The van der Waals surface area contributed by atoms with Gasteiger partial charge in [0.2, 0.25) is 0 Å². The number of hydrogen-bond donors (Lipinski definition) is 1. The molecule has 0 amide bonds. The number of likely N-dealkylation sites (N-methyl/N-ethyl adjacent to an activating group) is 1. The molecule has 0 radical (unpaired) electrons. The van der Waals surface area contributed by atoms with Crippen LogP contribution in [0.25, 0.3) is 0 Å². The van der Waals surface area contributed by atoms with Crippen LogP contribution in [0, 0.1) is 11.3 Å². The van der Waals surface area contributed by atoms with Gasteiger partial charge in [0, 0.05) is 12.6 Å². The maximum absolute atomic E-state index is 6.02. The molecule has 1 rings (SSSR count). The predicted molar refractivity (Wildman–Crippen MR) is 75.9 cm³/mol. The zero-order valence-corrected chi connectivity index (χ0v) is 12.8. The largest absolute Gasteiger partial charge is 0.379 e. The molecule has 108 valence electrons. The fourth-order valence-corrected chi connectivity index (χ4v) is 2.60. The second-order valence-corrected chi connectivity index (χ2v) is 6.68. The van der Waals surface area contributed by atoms with Crippen LogP contribution in [0.2, 0.25) is 0 Å². The summed E-state index contributed by atoms with van der Waals surface area (Å²) in [7, 11) is 2.04. The lowest BCUT2D eigenvalue weighted by Gasteiger charge is -2.40. The van der Waals surface area contributed by atoms with Crippen LogP contribution in [-0.2, 0) is 9.47 Å². The van der Waals surface area contributed by atoms with Gasteiger partial charge in [-0.05, 0) is 37.6 Å². The molecule has 0 saturated heterocycles. The summed E-state index contributed by atoms with van der Waals surface area (Å²) < 4.78 is 11.6. The van der Waals surface area contributed by atoms with Crippen LogP contribution in [0.5, 0.6) is 0 Å². The van der Waals surface area contributed by atoms with Crippen LogP contribution < -0.4 is 5.32 Å². The lowest BCUT2D eigenvalue weighted by molar-refractivity contribution is -0.0500. The van der Waals surface area contributed by atoms with Gasteiger partial charge in [0.1, 0.15) is 0 Å². The highest BCUT2D eigenvalue weighted by Gasteiger charge is 2.34. The summed E-state index contributed by atoms with van der Waals surface area (Å²) in [6.07, 6.45) is 3.97. The van der Waals surface area contributed by atoms with Crippen LogP contribution >= 0.6 is 0 Å². The first-order valence-corrected chi connectivity index (χ1v) is 7.31. The van der Waals surface area contributed by atoms with E-state index in [-0.39, 0.29) is 0 Å². The van der Waals surface area contributed by atoms with Gasteiger partial charge in [0.25, 0.3) is 0 Å². The number of nitrogens with one attached hydrogen (secondary N) is 1. The van der Waals surface area contributed by atoms with E-state index in [0.717, 1.165) is 13.0 Å². The van der Waals surface area contributed by atoms with Gasteiger partial charge in [0.05, 0.1) is 19.3 Å². The van der Waals surface area contributed by atoms with Gasteiger partial charge >= 0.3 is 0 Å². The van der Waals surface area contributed by atoms with Crippen molar-refractivity contribution in [1.82, 2.24) is 5.32 Å². The number of hydrogen-bond acceptors (Lipinski definition) is 3. The van der Waals surface area contributed by atoms with Crippen LogP contribution in [-0.4, -0.2) is 39.0 Å². The van der Waals surface area contributed by atoms with Crippen molar-refractivity contribution < 1.29 is 9.47 Å². The van der Waals surface area contributed by atoms with Gasteiger partial charge < -0.3 is 14.8 Å². The van der Waals surface area contributed by atoms with Crippen molar-refractivity contribution >= 4 is 0 Å². The van der Waals surface area contributed by atoms with Crippen molar-refractivity contribution in [2.75, 3.05) is 26.9 Å². The molecule has 2 atom stereocenters. The minimum absolute atomic E-state index is 0.335. The van der Waals surface area contributed by atoms with E-state index in [1.807, 2.05) is 7.05 Å². The monoisotopic (exact) mass is 257 g/mol. The van der Waals surface area contributed by atoms with Gasteiger partial charge in [0.15, 0.2) is 0 Å². The molecule has 18 heavy (non-hydrogen) atoms. The molecular weight excluding hydrogens is 226 g/mol. The summed E-state index contributed by atoms with van der Waals surface area (Å²) in [6.45, 7) is 11.3. The lowest BCUT2D eigenvalue weighted by Crippen LogP contribution is -2.46. The number of rotatable bonds is 7. The third kappa shape index (κ3) is 5.68. The third-order valence-electron chi connectivity index (χ3n) is 3.72. The second kappa shape index (κ2) is 7.46. The number of ether oxygens (including phenoxy) is 2. The molecule has 1 aliphatic rings. The molecule has 0 aromatic heterocycles. The van der Waals surface area contributed by atoms with Gasteiger partial charge in [-0.2, -0.15) is 0 Å². The van der Waals surface area contributed by atoms with Gasteiger partial charge in [-0.15, -0.1) is 0 Å². The van der Waals surface area contributed by atoms with Crippen molar-refractivity contribution in [3.8, 4) is 0 Å². The fraction of sp³-hybridized carbons (Fsp3) is 1.00. The fourth-order valence-electron chi connectivity index (χ4n) is 2.60. The van der Waals surface area contributed by atoms with Gasteiger partial charge in [-0.1, -0.05) is 27.7 Å². The highest BCUT2D eigenvalue weighted by Crippen LogP contribution is 2.36. The first kappa shape index (κ1) is 15.9. The minimum Gasteiger partial charge on any atom is -0.379 e. The molecule has 0 spiro atoms. The van der Waals surface area contributed by atoms with E-state index in [1.54, 1.807) is 0 Å². The molecule has 0 bridgehead atoms. The minimum atomic E-state index is 0.335. The molecule has 0 aromatic rings. The maximum Gasteiger partial charge on any atom is 0.0734 e. The van der Waals surface area contributed by atoms with E-state index in [4.69, 9.17) is 9.47 Å². The van der Waals surface area contributed by atoms with Crippen LogP contribution in [0.4, 0.5) is 0 Å². The third-order valence-corrected chi connectivity index (χ3v) is 3.72. The average Bonchev–Trinajstić information content (AvgIpc) is 2.27. The second-order valence-electron chi connectivity index (χ2n) is 6.68. The highest BCUT2D eigenvalue weighted by molar-refractivity contribution is 4.89. The summed E-state index contributed by atoms with van der Waals surface area (Å²) in [5, 5.41) is 3.39. The van der Waals surface area contributed by atoms with Crippen LogP contribution in [0.1, 0.15) is 47.0 Å². The molecule has 1 fully saturated rings. The zero-order valence-electron chi connectivity index (χ0n) is 12.8. The topological polar surface area (TPSA) is 30.5 Å². The summed E-state index contributed by atoms with van der Waals surface area (Å²) in [5.74, 6) is 0.601. The summed E-state index contributed by atoms with van der Waals surface area (Å²) in [5.41, 5.74) is 0.413. The Morgan fingerprint density at radius 2 is 2.00 bits per heavy atom. The standard InChI is InChI=1S/C15H31NO2/c1-12(2)11-17-8-9-18-14-10-15(3,4)7-6-13(14)16-5/h12-14,16H,6-11H2,1-5H3. The van der Waals surface area contributed by atoms with E-state index in [2.05, 4.69) is 33.0 Å². The molecule has 2 unspecified atom stereocenters. The summed E-state index contributed by atoms with van der Waals surface area (Å²) >= 11 is 0. The van der Waals surface area contributed by atoms with Crippen molar-refractivity contribution in [3.63, 3.8) is 0 Å². The maximum atomic E-state index is 6.02. The van der Waals surface area contributed by atoms with Crippen LogP contribution in [0.15, 0.2) is 0 Å². The van der Waals surface area contributed by atoms with Crippen molar-refractivity contribution in [1.29, 1.82) is 0 Å². The molecule has 0 aromatic carbocycles. The van der Waals surface area contributed by atoms with E-state index >= 15 is 0 Å². The van der Waals surface area contributed by atoms with E-state index in [1.165, 1.54) is 12.8 Å². The highest BCUT2D eigenvalue weighted by atomic mass is 16.5. The van der Waals surface area contributed by atoms with Crippen molar-refractivity contribution in [2.24, 2.45) is 11.3 Å². The quantitative estimate of drug-likeness (QED) is 0.711. The first-order valence-electron chi connectivity index (χ1n) is 7.31. The Morgan fingerprint density at radius 3 is 2.61 bits per heavy atom. The van der Waals surface area contributed by atoms with Gasteiger partial charge in [-0.25, -0.2) is 0 Å². The molecule has 0 aliphatic heterocycles. The molecule has 1 aliphatic carbocycles. The van der Waals surface area contributed by atoms with Crippen molar-refractivity contribution in [3.05, 3.63) is 0 Å².